The van der Waals surface area contributed by atoms with Crippen LogP contribution < -0.4 is 11.1 Å². The smallest absolute Gasteiger partial charge is 0.0136 e. The van der Waals surface area contributed by atoms with Crippen molar-refractivity contribution in [1.29, 1.82) is 0 Å². The van der Waals surface area contributed by atoms with Crippen LogP contribution in [-0.2, 0) is 0 Å². The monoisotopic (exact) mass is 186 g/mol. The van der Waals surface area contributed by atoms with Crippen LogP contribution in [0.5, 0.6) is 0 Å². The molecule has 0 amide bonds. The standard InChI is InChI=1S/C11H26N2/c1-8(2)11(9(3)4)7-13-6-10(5)12/h8-11,13H,6-7,12H2,1-5H3. The van der Waals surface area contributed by atoms with E-state index in [2.05, 4.69) is 33.0 Å². The van der Waals surface area contributed by atoms with Crippen molar-refractivity contribution in [2.45, 2.75) is 40.7 Å². The molecule has 1 atom stereocenters. The third-order valence-corrected chi connectivity index (χ3v) is 2.56. The average molecular weight is 186 g/mol. The van der Waals surface area contributed by atoms with E-state index in [4.69, 9.17) is 5.73 Å². The van der Waals surface area contributed by atoms with E-state index in [0.29, 0.717) is 0 Å². The van der Waals surface area contributed by atoms with Crippen LogP contribution in [-0.4, -0.2) is 19.1 Å². The minimum absolute atomic E-state index is 0.264. The van der Waals surface area contributed by atoms with E-state index in [9.17, 15) is 0 Å². The first-order valence-corrected chi connectivity index (χ1v) is 5.41. The molecule has 0 aromatic rings. The lowest BCUT2D eigenvalue weighted by molar-refractivity contribution is 0.275. The molecule has 13 heavy (non-hydrogen) atoms. The van der Waals surface area contributed by atoms with Gasteiger partial charge in [0.1, 0.15) is 0 Å². The van der Waals surface area contributed by atoms with Gasteiger partial charge >= 0.3 is 0 Å². The fraction of sp³-hybridized carbons (Fsp3) is 1.00. The van der Waals surface area contributed by atoms with Gasteiger partial charge in [-0.1, -0.05) is 27.7 Å². The van der Waals surface area contributed by atoms with Crippen molar-refractivity contribution in [3.05, 3.63) is 0 Å². The Bertz CT molecular complexity index is 111. The van der Waals surface area contributed by atoms with Gasteiger partial charge in [-0.3, -0.25) is 0 Å². The van der Waals surface area contributed by atoms with Crippen molar-refractivity contribution in [2.75, 3.05) is 13.1 Å². The number of rotatable bonds is 6. The molecule has 0 spiro atoms. The van der Waals surface area contributed by atoms with Crippen molar-refractivity contribution in [1.82, 2.24) is 5.32 Å². The van der Waals surface area contributed by atoms with Crippen LogP contribution in [0.15, 0.2) is 0 Å². The molecule has 0 bridgehead atoms. The molecule has 0 fully saturated rings. The van der Waals surface area contributed by atoms with E-state index in [-0.39, 0.29) is 6.04 Å². The molecule has 0 rings (SSSR count). The Morgan fingerprint density at radius 3 is 1.69 bits per heavy atom. The highest BCUT2D eigenvalue weighted by molar-refractivity contribution is 4.70. The molecule has 0 aliphatic rings. The first-order chi connectivity index (χ1) is 5.95. The summed E-state index contributed by atoms with van der Waals surface area (Å²) in [6.07, 6.45) is 0. The van der Waals surface area contributed by atoms with E-state index in [1.165, 1.54) is 0 Å². The Morgan fingerprint density at radius 1 is 0.923 bits per heavy atom. The van der Waals surface area contributed by atoms with Crippen molar-refractivity contribution in [3.8, 4) is 0 Å². The van der Waals surface area contributed by atoms with Crippen LogP contribution >= 0.6 is 0 Å². The average Bonchev–Trinajstić information content (AvgIpc) is 1.95. The summed E-state index contributed by atoms with van der Waals surface area (Å²) < 4.78 is 0. The molecule has 80 valence electrons. The fourth-order valence-electron chi connectivity index (χ4n) is 1.72. The van der Waals surface area contributed by atoms with Gasteiger partial charge in [0.05, 0.1) is 0 Å². The maximum absolute atomic E-state index is 5.67. The normalized spacial score (nSPS) is 14.5. The van der Waals surface area contributed by atoms with Crippen molar-refractivity contribution >= 4 is 0 Å². The largest absolute Gasteiger partial charge is 0.327 e. The molecule has 0 aliphatic carbocycles. The molecule has 0 radical (unpaired) electrons. The molecule has 0 aromatic heterocycles. The fourth-order valence-corrected chi connectivity index (χ4v) is 1.72. The first-order valence-electron chi connectivity index (χ1n) is 5.41. The molecule has 0 aliphatic heterocycles. The molecular weight excluding hydrogens is 160 g/mol. The lowest BCUT2D eigenvalue weighted by atomic mass is 9.85. The molecule has 1 unspecified atom stereocenters. The highest BCUT2D eigenvalue weighted by Gasteiger charge is 2.16. The van der Waals surface area contributed by atoms with Gasteiger partial charge in [-0.25, -0.2) is 0 Å². The van der Waals surface area contributed by atoms with Crippen LogP contribution in [0, 0.1) is 17.8 Å². The predicted octanol–water partition coefficient (Wildman–Crippen LogP) is 1.85. The molecule has 3 N–H and O–H groups in total. The maximum atomic E-state index is 5.67. The Kier molecular flexibility index (Phi) is 6.35. The Hall–Kier alpha value is -0.0800. The van der Waals surface area contributed by atoms with E-state index in [1.807, 2.05) is 6.92 Å². The number of nitrogens with two attached hydrogens (primary N) is 1. The third-order valence-electron chi connectivity index (χ3n) is 2.56. The van der Waals surface area contributed by atoms with E-state index in [0.717, 1.165) is 30.8 Å². The summed E-state index contributed by atoms with van der Waals surface area (Å²) in [6.45, 7) is 13.2. The van der Waals surface area contributed by atoms with Gasteiger partial charge in [-0.15, -0.1) is 0 Å². The molecule has 2 heteroatoms. The van der Waals surface area contributed by atoms with Crippen LogP contribution in [0.25, 0.3) is 0 Å². The van der Waals surface area contributed by atoms with Crippen molar-refractivity contribution in [2.24, 2.45) is 23.5 Å². The summed E-state index contributed by atoms with van der Waals surface area (Å²) in [4.78, 5) is 0. The number of hydrogen-bond donors (Lipinski definition) is 2. The second-order valence-electron chi connectivity index (χ2n) is 4.79. The summed E-state index contributed by atoms with van der Waals surface area (Å²) in [5.74, 6) is 2.26. The molecule has 0 aromatic carbocycles. The lowest BCUT2D eigenvalue weighted by Crippen LogP contribution is -2.36. The van der Waals surface area contributed by atoms with E-state index >= 15 is 0 Å². The zero-order valence-corrected chi connectivity index (χ0v) is 9.80. The van der Waals surface area contributed by atoms with E-state index in [1.54, 1.807) is 0 Å². The summed E-state index contributed by atoms with van der Waals surface area (Å²) in [7, 11) is 0. The van der Waals surface area contributed by atoms with Gasteiger partial charge in [0.15, 0.2) is 0 Å². The summed E-state index contributed by atoms with van der Waals surface area (Å²) >= 11 is 0. The van der Waals surface area contributed by atoms with Crippen molar-refractivity contribution < 1.29 is 0 Å². The van der Waals surface area contributed by atoms with Crippen LogP contribution in [0.1, 0.15) is 34.6 Å². The van der Waals surface area contributed by atoms with Gasteiger partial charge in [0.25, 0.3) is 0 Å². The quantitative estimate of drug-likeness (QED) is 0.664. The molecular formula is C11H26N2. The van der Waals surface area contributed by atoms with Gasteiger partial charge in [-0.05, 0) is 31.2 Å². The van der Waals surface area contributed by atoms with Crippen LogP contribution in [0.4, 0.5) is 0 Å². The second-order valence-corrected chi connectivity index (χ2v) is 4.79. The summed E-state index contributed by atoms with van der Waals surface area (Å²) in [5.41, 5.74) is 5.67. The zero-order chi connectivity index (χ0) is 10.4. The van der Waals surface area contributed by atoms with E-state index < -0.39 is 0 Å². The zero-order valence-electron chi connectivity index (χ0n) is 9.80. The van der Waals surface area contributed by atoms with Crippen LogP contribution in [0.2, 0.25) is 0 Å². The Balaban J connectivity index is 3.70. The molecule has 2 nitrogen and oxygen atoms in total. The van der Waals surface area contributed by atoms with Gasteiger partial charge in [0.2, 0.25) is 0 Å². The SMILES string of the molecule is CC(N)CNCC(C(C)C)C(C)C. The molecule has 0 saturated heterocycles. The summed E-state index contributed by atoms with van der Waals surface area (Å²) in [6, 6.07) is 0.264. The molecule has 0 saturated carbocycles. The third kappa shape index (κ3) is 6.05. The molecule has 0 heterocycles. The number of hydrogen-bond acceptors (Lipinski definition) is 2. The van der Waals surface area contributed by atoms with Gasteiger partial charge < -0.3 is 11.1 Å². The topological polar surface area (TPSA) is 38.0 Å². The predicted molar refractivity (Wildman–Crippen MR) is 59.7 cm³/mol. The van der Waals surface area contributed by atoms with Gasteiger partial charge in [0, 0.05) is 12.6 Å². The Morgan fingerprint density at radius 2 is 1.38 bits per heavy atom. The second kappa shape index (κ2) is 6.39. The summed E-state index contributed by atoms with van der Waals surface area (Å²) in [5, 5.41) is 3.42. The Labute approximate surface area is 83.3 Å². The first kappa shape index (κ1) is 12.9. The highest BCUT2D eigenvalue weighted by atomic mass is 14.9. The number of nitrogens with one attached hydrogen (secondary N) is 1. The van der Waals surface area contributed by atoms with Crippen molar-refractivity contribution in [3.63, 3.8) is 0 Å². The maximum Gasteiger partial charge on any atom is 0.0136 e. The minimum Gasteiger partial charge on any atom is -0.327 e. The lowest BCUT2D eigenvalue weighted by Gasteiger charge is -2.25. The highest BCUT2D eigenvalue weighted by Crippen LogP contribution is 2.19. The van der Waals surface area contributed by atoms with Gasteiger partial charge in [-0.2, -0.15) is 0 Å². The van der Waals surface area contributed by atoms with Crippen LogP contribution in [0.3, 0.4) is 0 Å². The minimum atomic E-state index is 0.264.